The fourth-order valence-electron chi connectivity index (χ4n) is 2.44. The first-order valence-electron chi connectivity index (χ1n) is 7.78. The maximum absolute atomic E-state index is 12.1. The third-order valence-corrected chi connectivity index (χ3v) is 3.77. The first-order chi connectivity index (χ1) is 9.99. The van der Waals surface area contributed by atoms with Crippen LogP contribution in [0.25, 0.3) is 0 Å². The zero-order valence-electron chi connectivity index (χ0n) is 14.1. The Morgan fingerprint density at radius 3 is 2.38 bits per heavy atom. The molecule has 4 heteroatoms. The smallest absolute Gasteiger partial charge is 0.251 e. The molecule has 0 fully saturated rings. The number of hydrogen-bond acceptors (Lipinski definition) is 3. The van der Waals surface area contributed by atoms with Gasteiger partial charge in [-0.25, -0.2) is 0 Å². The van der Waals surface area contributed by atoms with Crippen molar-refractivity contribution in [3.63, 3.8) is 0 Å². The van der Waals surface area contributed by atoms with Crippen molar-refractivity contribution in [2.24, 2.45) is 0 Å². The van der Waals surface area contributed by atoms with Crippen LogP contribution in [0.2, 0.25) is 0 Å². The number of hydrogen-bond donors (Lipinski definition) is 1. The van der Waals surface area contributed by atoms with E-state index in [1.807, 2.05) is 39.2 Å². The summed E-state index contributed by atoms with van der Waals surface area (Å²) in [5.74, 6) is 0.0166. The third kappa shape index (κ3) is 5.38. The summed E-state index contributed by atoms with van der Waals surface area (Å²) in [6.07, 6.45) is 0.988. The number of amides is 1. The van der Waals surface area contributed by atoms with Gasteiger partial charge >= 0.3 is 0 Å². The normalized spacial score (nSPS) is 10.8. The summed E-state index contributed by atoms with van der Waals surface area (Å²) in [7, 11) is 4.02. The lowest BCUT2D eigenvalue weighted by Crippen LogP contribution is -2.30. The molecule has 0 saturated carbocycles. The van der Waals surface area contributed by atoms with Crippen molar-refractivity contribution in [3.8, 4) is 0 Å². The summed E-state index contributed by atoms with van der Waals surface area (Å²) in [4.78, 5) is 16.5. The summed E-state index contributed by atoms with van der Waals surface area (Å²) in [6.45, 7) is 10.3. The second-order valence-electron chi connectivity index (χ2n) is 5.53. The summed E-state index contributed by atoms with van der Waals surface area (Å²) in [5, 5.41) is 3.00. The van der Waals surface area contributed by atoms with E-state index >= 15 is 0 Å². The van der Waals surface area contributed by atoms with Crippen LogP contribution in [0.3, 0.4) is 0 Å². The highest BCUT2D eigenvalue weighted by molar-refractivity contribution is 5.94. The van der Waals surface area contributed by atoms with Gasteiger partial charge in [0.2, 0.25) is 0 Å². The van der Waals surface area contributed by atoms with E-state index < -0.39 is 0 Å². The standard InChI is InChI=1S/C17H29N3O/c1-6-20(7-2)12-8-11-18-17(21)15-9-10-16(19(4)5)14(3)13-15/h9-10,13H,6-8,11-12H2,1-5H3,(H,18,21). The molecule has 1 aromatic rings. The second kappa shape index (κ2) is 8.67. The van der Waals surface area contributed by atoms with Crippen LogP contribution in [0.5, 0.6) is 0 Å². The summed E-state index contributed by atoms with van der Waals surface area (Å²) in [5.41, 5.74) is 3.00. The Bertz CT molecular complexity index is 453. The number of carbonyl (C=O) groups excluding carboxylic acids is 1. The molecule has 0 aliphatic carbocycles. The lowest BCUT2D eigenvalue weighted by Gasteiger charge is -2.18. The van der Waals surface area contributed by atoms with Gasteiger partial charge in [-0.2, -0.15) is 0 Å². The topological polar surface area (TPSA) is 35.6 Å². The molecule has 0 spiro atoms. The molecule has 0 unspecified atom stereocenters. The number of benzene rings is 1. The van der Waals surface area contributed by atoms with Gasteiger partial charge in [-0.15, -0.1) is 0 Å². The number of nitrogens with one attached hydrogen (secondary N) is 1. The molecule has 0 aromatic heterocycles. The van der Waals surface area contributed by atoms with E-state index in [2.05, 4.69) is 29.0 Å². The predicted octanol–water partition coefficient (Wildman–Crippen LogP) is 2.52. The summed E-state index contributed by atoms with van der Waals surface area (Å²) in [6, 6.07) is 5.84. The molecule has 1 aromatic carbocycles. The minimum Gasteiger partial charge on any atom is -0.377 e. The van der Waals surface area contributed by atoms with E-state index in [-0.39, 0.29) is 5.91 Å². The molecule has 0 bridgehead atoms. The maximum atomic E-state index is 12.1. The SMILES string of the molecule is CCN(CC)CCCNC(=O)c1ccc(N(C)C)c(C)c1. The van der Waals surface area contributed by atoms with Crippen LogP contribution in [0.4, 0.5) is 5.69 Å². The highest BCUT2D eigenvalue weighted by Gasteiger charge is 2.08. The molecule has 118 valence electrons. The Morgan fingerprint density at radius 2 is 1.86 bits per heavy atom. The largest absolute Gasteiger partial charge is 0.377 e. The fraction of sp³-hybridized carbons (Fsp3) is 0.588. The Morgan fingerprint density at radius 1 is 1.19 bits per heavy atom. The van der Waals surface area contributed by atoms with Crippen molar-refractivity contribution >= 4 is 11.6 Å². The molecule has 0 aliphatic heterocycles. The number of anilines is 1. The van der Waals surface area contributed by atoms with E-state index in [1.54, 1.807) is 0 Å². The van der Waals surface area contributed by atoms with Crippen LogP contribution in [0, 0.1) is 6.92 Å². The van der Waals surface area contributed by atoms with Crippen molar-refractivity contribution in [1.29, 1.82) is 0 Å². The van der Waals surface area contributed by atoms with Crippen LogP contribution >= 0.6 is 0 Å². The Balaban J connectivity index is 2.47. The van der Waals surface area contributed by atoms with Gasteiger partial charge in [0.05, 0.1) is 0 Å². The maximum Gasteiger partial charge on any atom is 0.251 e. The zero-order valence-corrected chi connectivity index (χ0v) is 14.1. The van der Waals surface area contributed by atoms with Gasteiger partial charge in [0, 0.05) is 31.9 Å². The molecule has 0 aliphatic rings. The van der Waals surface area contributed by atoms with Crippen molar-refractivity contribution < 1.29 is 4.79 Å². The molecule has 0 saturated heterocycles. The number of aryl methyl sites for hydroxylation is 1. The summed E-state index contributed by atoms with van der Waals surface area (Å²) < 4.78 is 0. The molecule has 0 atom stereocenters. The van der Waals surface area contributed by atoms with Crippen LogP contribution < -0.4 is 10.2 Å². The van der Waals surface area contributed by atoms with Gasteiger partial charge in [0.15, 0.2) is 0 Å². The first kappa shape index (κ1) is 17.5. The fourth-order valence-corrected chi connectivity index (χ4v) is 2.44. The van der Waals surface area contributed by atoms with E-state index in [4.69, 9.17) is 0 Å². The molecule has 0 radical (unpaired) electrons. The molecule has 1 amide bonds. The van der Waals surface area contributed by atoms with Gasteiger partial charge in [-0.3, -0.25) is 4.79 Å². The Labute approximate surface area is 129 Å². The van der Waals surface area contributed by atoms with Crippen LogP contribution in [-0.2, 0) is 0 Å². The van der Waals surface area contributed by atoms with Crippen LogP contribution in [0.15, 0.2) is 18.2 Å². The molecule has 21 heavy (non-hydrogen) atoms. The molecular weight excluding hydrogens is 262 g/mol. The number of carbonyl (C=O) groups is 1. The zero-order chi connectivity index (χ0) is 15.8. The minimum atomic E-state index is 0.0166. The van der Waals surface area contributed by atoms with Crippen molar-refractivity contribution in [3.05, 3.63) is 29.3 Å². The van der Waals surface area contributed by atoms with Gasteiger partial charge in [0.25, 0.3) is 5.91 Å². The van der Waals surface area contributed by atoms with E-state index in [1.165, 1.54) is 0 Å². The Hall–Kier alpha value is -1.55. The van der Waals surface area contributed by atoms with E-state index in [9.17, 15) is 4.79 Å². The van der Waals surface area contributed by atoms with Crippen molar-refractivity contribution in [2.75, 3.05) is 45.2 Å². The molecular formula is C17H29N3O. The molecule has 1 rings (SSSR count). The van der Waals surface area contributed by atoms with Crippen molar-refractivity contribution in [2.45, 2.75) is 27.2 Å². The highest BCUT2D eigenvalue weighted by atomic mass is 16.1. The van der Waals surface area contributed by atoms with E-state index in [0.29, 0.717) is 0 Å². The predicted molar refractivity (Wildman–Crippen MR) is 90.2 cm³/mol. The van der Waals surface area contributed by atoms with Crippen LogP contribution in [-0.4, -0.2) is 51.1 Å². The highest BCUT2D eigenvalue weighted by Crippen LogP contribution is 2.18. The monoisotopic (exact) mass is 291 g/mol. The number of nitrogens with zero attached hydrogens (tertiary/aromatic N) is 2. The molecule has 0 heterocycles. The Kier molecular flexibility index (Phi) is 7.23. The lowest BCUT2D eigenvalue weighted by molar-refractivity contribution is 0.0952. The third-order valence-electron chi connectivity index (χ3n) is 3.77. The van der Waals surface area contributed by atoms with Crippen molar-refractivity contribution in [1.82, 2.24) is 10.2 Å². The van der Waals surface area contributed by atoms with Gasteiger partial charge in [-0.1, -0.05) is 13.8 Å². The minimum absolute atomic E-state index is 0.0166. The quantitative estimate of drug-likeness (QED) is 0.748. The lowest BCUT2D eigenvalue weighted by atomic mass is 10.1. The first-order valence-corrected chi connectivity index (χ1v) is 7.78. The van der Waals surface area contributed by atoms with Gasteiger partial charge < -0.3 is 15.1 Å². The number of rotatable bonds is 8. The van der Waals surface area contributed by atoms with Gasteiger partial charge in [-0.05, 0) is 56.7 Å². The van der Waals surface area contributed by atoms with Gasteiger partial charge in [0.1, 0.15) is 0 Å². The second-order valence-corrected chi connectivity index (χ2v) is 5.53. The van der Waals surface area contributed by atoms with Crippen LogP contribution in [0.1, 0.15) is 36.2 Å². The average molecular weight is 291 g/mol. The molecule has 1 N–H and O–H groups in total. The summed E-state index contributed by atoms with van der Waals surface area (Å²) >= 11 is 0. The average Bonchev–Trinajstić information content (AvgIpc) is 2.46. The molecule has 4 nitrogen and oxygen atoms in total. The van der Waals surface area contributed by atoms with E-state index in [0.717, 1.165) is 49.4 Å².